The Labute approximate surface area is 122 Å². The Bertz CT molecular complexity index is 613. The molecular weight excluding hydrogens is 287 g/mol. The molecule has 1 aromatic heterocycles. The van der Waals surface area contributed by atoms with Gasteiger partial charge in [0.1, 0.15) is 0 Å². The molecule has 2 aromatic rings. The number of nitrogens with zero attached hydrogens (tertiary/aromatic N) is 1. The number of aryl methyl sites for hydroxylation is 1. The van der Waals surface area contributed by atoms with E-state index in [4.69, 9.17) is 35.4 Å². The summed E-state index contributed by atoms with van der Waals surface area (Å²) in [6, 6.07) is 3.70. The van der Waals surface area contributed by atoms with Gasteiger partial charge in [0.2, 0.25) is 0 Å². The van der Waals surface area contributed by atoms with E-state index >= 15 is 0 Å². The maximum Gasteiger partial charge on any atom is 0.178 e. The molecular formula is C13H16Cl2N2S. The molecule has 1 aromatic carbocycles. The van der Waals surface area contributed by atoms with Crippen LogP contribution in [0.5, 0.6) is 0 Å². The number of rotatable bonds is 4. The Balaban J connectivity index is 2.35. The van der Waals surface area contributed by atoms with E-state index in [-0.39, 0.29) is 0 Å². The van der Waals surface area contributed by atoms with Gasteiger partial charge in [-0.05, 0) is 43.1 Å². The molecule has 0 saturated carbocycles. The van der Waals surface area contributed by atoms with E-state index in [2.05, 4.69) is 23.4 Å². The lowest BCUT2D eigenvalue weighted by atomic mass is 10.1. The van der Waals surface area contributed by atoms with Crippen molar-refractivity contribution in [1.82, 2.24) is 9.55 Å². The van der Waals surface area contributed by atoms with E-state index < -0.39 is 0 Å². The van der Waals surface area contributed by atoms with E-state index in [9.17, 15) is 0 Å². The van der Waals surface area contributed by atoms with Crippen LogP contribution >= 0.6 is 35.4 Å². The van der Waals surface area contributed by atoms with Gasteiger partial charge in [-0.15, -0.1) is 0 Å². The Morgan fingerprint density at radius 3 is 2.61 bits per heavy atom. The fraction of sp³-hybridized carbons (Fsp3) is 0.462. The lowest BCUT2D eigenvalue weighted by Crippen LogP contribution is -1.99. The topological polar surface area (TPSA) is 20.7 Å². The standard InChI is InChI=1S/C13H16Cl2N2S/c1-8(2)4-3-5-17-12-7-10(15)9(14)6-11(12)16-13(17)18/h6-8H,3-5H2,1-2H3,(H,16,18). The van der Waals surface area contributed by atoms with Crippen molar-refractivity contribution in [3.8, 4) is 0 Å². The zero-order valence-corrected chi connectivity index (χ0v) is 12.8. The first-order chi connectivity index (χ1) is 8.49. The van der Waals surface area contributed by atoms with Crippen LogP contribution < -0.4 is 0 Å². The van der Waals surface area contributed by atoms with Crippen LogP contribution in [-0.2, 0) is 6.54 Å². The third kappa shape index (κ3) is 2.90. The van der Waals surface area contributed by atoms with Crippen LogP contribution in [0.2, 0.25) is 10.0 Å². The average Bonchev–Trinajstić information content (AvgIpc) is 2.56. The number of aromatic nitrogens is 2. The fourth-order valence-electron chi connectivity index (χ4n) is 2.03. The Morgan fingerprint density at radius 2 is 1.94 bits per heavy atom. The van der Waals surface area contributed by atoms with E-state index in [1.54, 1.807) is 0 Å². The molecule has 0 unspecified atom stereocenters. The molecule has 98 valence electrons. The van der Waals surface area contributed by atoms with E-state index in [1.807, 2.05) is 12.1 Å². The highest BCUT2D eigenvalue weighted by atomic mass is 35.5. The van der Waals surface area contributed by atoms with Gasteiger partial charge < -0.3 is 9.55 Å². The Hall–Kier alpha value is -0.510. The van der Waals surface area contributed by atoms with Crippen LogP contribution in [0.15, 0.2) is 12.1 Å². The average molecular weight is 303 g/mol. The summed E-state index contributed by atoms with van der Waals surface area (Å²) >= 11 is 17.4. The highest BCUT2D eigenvalue weighted by Gasteiger charge is 2.08. The second-order valence-electron chi connectivity index (χ2n) is 4.90. The molecule has 0 fully saturated rings. The van der Waals surface area contributed by atoms with Crippen LogP contribution in [0.4, 0.5) is 0 Å². The molecule has 0 aliphatic rings. The molecule has 0 radical (unpaired) electrons. The summed E-state index contributed by atoms with van der Waals surface area (Å²) in [6.07, 6.45) is 2.30. The van der Waals surface area contributed by atoms with Crippen molar-refractivity contribution in [3.63, 3.8) is 0 Å². The number of halogens is 2. The fourth-order valence-corrected chi connectivity index (χ4v) is 2.65. The first-order valence-electron chi connectivity index (χ1n) is 6.06. The largest absolute Gasteiger partial charge is 0.331 e. The molecule has 0 aliphatic heterocycles. The van der Waals surface area contributed by atoms with Gasteiger partial charge in [0.25, 0.3) is 0 Å². The van der Waals surface area contributed by atoms with E-state index in [0.717, 1.165) is 28.8 Å². The van der Waals surface area contributed by atoms with Crippen molar-refractivity contribution < 1.29 is 0 Å². The quantitative estimate of drug-likeness (QED) is 0.746. The summed E-state index contributed by atoms with van der Waals surface area (Å²) in [5, 5.41) is 1.12. The second kappa shape index (κ2) is 5.64. The summed E-state index contributed by atoms with van der Waals surface area (Å²) in [5.74, 6) is 0.711. The third-order valence-electron chi connectivity index (χ3n) is 2.98. The number of H-pyrrole nitrogens is 1. The number of aromatic amines is 1. The van der Waals surface area contributed by atoms with Gasteiger partial charge in [-0.1, -0.05) is 37.0 Å². The Kier molecular flexibility index (Phi) is 4.36. The second-order valence-corrected chi connectivity index (χ2v) is 6.10. The summed E-state index contributed by atoms with van der Waals surface area (Å²) in [7, 11) is 0. The molecule has 0 aliphatic carbocycles. The van der Waals surface area contributed by atoms with Gasteiger partial charge in [-0.2, -0.15) is 0 Å². The van der Waals surface area contributed by atoms with Crippen molar-refractivity contribution in [2.75, 3.05) is 0 Å². The maximum atomic E-state index is 6.06. The minimum Gasteiger partial charge on any atom is -0.331 e. The van der Waals surface area contributed by atoms with Crippen LogP contribution in [0.1, 0.15) is 26.7 Å². The first kappa shape index (κ1) is 13.9. The van der Waals surface area contributed by atoms with Crippen molar-refractivity contribution in [2.24, 2.45) is 5.92 Å². The van der Waals surface area contributed by atoms with Crippen LogP contribution in [-0.4, -0.2) is 9.55 Å². The van der Waals surface area contributed by atoms with E-state index in [0.29, 0.717) is 16.0 Å². The van der Waals surface area contributed by atoms with Gasteiger partial charge >= 0.3 is 0 Å². The zero-order chi connectivity index (χ0) is 13.3. The van der Waals surface area contributed by atoms with Gasteiger partial charge in [-0.25, -0.2) is 0 Å². The van der Waals surface area contributed by atoms with Crippen LogP contribution in [0.25, 0.3) is 11.0 Å². The molecule has 0 spiro atoms. The SMILES string of the molecule is CC(C)CCCn1c(=S)[nH]c2cc(Cl)c(Cl)cc21. The molecule has 0 saturated heterocycles. The molecule has 2 nitrogen and oxygen atoms in total. The minimum atomic E-state index is 0.551. The predicted octanol–water partition coefficient (Wildman–Crippen LogP) is 5.44. The summed E-state index contributed by atoms with van der Waals surface area (Å²) in [4.78, 5) is 3.17. The van der Waals surface area contributed by atoms with Crippen molar-refractivity contribution in [1.29, 1.82) is 0 Å². The molecule has 0 atom stereocenters. The number of nitrogens with one attached hydrogen (secondary N) is 1. The first-order valence-corrected chi connectivity index (χ1v) is 7.23. The normalized spacial score (nSPS) is 11.6. The summed E-state index contributed by atoms with van der Waals surface area (Å²) in [5.41, 5.74) is 1.97. The monoisotopic (exact) mass is 302 g/mol. The Morgan fingerprint density at radius 1 is 1.28 bits per heavy atom. The smallest absolute Gasteiger partial charge is 0.178 e. The van der Waals surface area contributed by atoms with Crippen molar-refractivity contribution >= 4 is 46.5 Å². The van der Waals surface area contributed by atoms with E-state index in [1.165, 1.54) is 6.42 Å². The van der Waals surface area contributed by atoms with Gasteiger partial charge in [-0.3, -0.25) is 0 Å². The maximum absolute atomic E-state index is 6.06. The summed E-state index contributed by atoms with van der Waals surface area (Å²) < 4.78 is 2.82. The van der Waals surface area contributed by atoms with Gasteiger partial charge in [0.15, 0.2) is 4.77 Å². The highest BCUT2D eigenvalue weighted by Crippen LogP contribution is 2.27. The van der Waals surface area contributed by atoms with Crippen molar-refractivity contribution in [2.45, 2.75) is 33.2 Å². The van der Waals surface area contributed by atoms with Gasteiger partial charge in [0.05, 0.1) is 21.1 Å². The van der Waals surface area contributed by atoms with Crippen LogP contribution in [0.3, 0.4) is 0 Å². The van der Waals surface area contributed by atoms with Gasteiger partial charge in [0, 0.05) is 6.54 Å². The molecule has 1 heterocycles. The molecule has 18 heavy (non-hydrogen) atoms. The zero-order valence-electron chi connectivity index (χ0n) is 10.5. The number of hydrogen-bond donors (Lipinski definition) is 1. The number of imidazole rings is 1. The number of benzene rings is 1. The minimum absolute atomic E-state index is 0.551. The lowest BCUT2D eigenvalue weighted by Gasteiger charge is -2.07. The number of fused-ring (bicyclic) bond motifs is 1. The summed E-state index contributed by atoms with van der Waals surface area (Å²) in [6.45, 7) is 5.37. The molecule has 2 rings (SSSR count). The molecule has 1 N–H and O–H groups in total. The predicted molar refractivity (Wildman–Crippen MR) is 81.2 cm³/mol. The molecule has 0 amide bonds. The molecule has 5 heteroatoms. The lowest BCUT2D eigenvalue weighted by molar-refractivity contribution is 0.515. The number of hydrogen-bond acceptors (Lipinski definition) is 1. The highest BCUT2D eigenvalue weighted by molar-refractivity contribution is 7.71. The third-order valence-corrected chi connectivity index (χ3v) is 4.02. The van der Waals surface area contributed by atoms with Crippen LogP contribution in [0, 0.1) is 10.7 Å². The molecule has 0 bridgehead atoms. The van der Waals surface area contributed by atoms with Crippen molar-refractivity contribution in [3.05, 3.63) is 26.9 Å².